The maximum atomic E-state index is 12.2. The van der Waals surface area contributed by atoms with Crippen molar-refractivity contribution in [2.45, 2.75) is 12.2 Å². The van der Waals surface area contributed by atoms with Crippen LogP contribution in [0.2, 0.25) is 10.0 Å². The van der Waals surface area contributed by atoms with E-state index in [-0.39, 0.29) is 28.0 Å². The first-order valence-corrected chi connectivity index (χ1v) is 4.21. The predicted octanol–water partition coefficient (Wildman–Crippen LogP) is 3.37. The number of alkyl halides is 3. The van der Waals surface area contributed by atoms with E-state index in [1.807, 2.05) is 0 Å². The number of hydrogen-bond donors (Lipinski definition) is 1. The molecule has 0 aliphatic carbocycles. The van der Waals surface area contributed by atoms with Crippen LogP contribution >= 0.6 is 35.6 Å². The Bertz CT molecular complexity index is 322. The zero-order chi connectivity index (χ0) is 10.9. The third-order valence-corrected chi connectivity index (χ3v) is 2.16. The minimum Gasteiger partial charge on any atom is -0.316 e. The van der Waals surface area contributed by atoms with Gasteiger partial charge in [0.2, 0.25) is 0 Å². The molecule has 15 heavy (non-hydrogen) atoms. The van der Waals surface area contributed by atoms with E-state index in [0.717, 1.165) is 12.4 Å². The van der Waals surface area contributed by atoms with E-state index in [1.54, 1.807) is 0 Å². The number of rotatable bonds is 1. The maximum absolute atomic E-state index is 12.2. The highest BCUT2D eigenvalue weighted by molar-refractivity contribution is 6.35. The summed E-state index contributed by atoms with van der Waals surface area (Å²) in [5.41, 5.74) is 4.60. The summed E-state index contributed by atoms with van der Waals surface area (Å²) in [6.45, 7) is 0. The number of hydrogen-bond acceptors (Lipinski definition) is 2. The second-order valence-corrected chi connectivity index (χ2v) is 3.35. The van der Waals surface area contributed by atoms with Gasteiger partial charge in [-0.2, -0.15) is 13.2 Å². The van der Waals surface area contributed by atoms with E-state index in [1.165, 1.54) is 0 Å². The Kier molecular flexibility index (Phi) is 5.13. The van der Waals surface area contributed by atoms with Crippen LogP contribution in [0.5, 0.6) is 0 Å². The smallest absolute Gasteiger partial charge is 0.316 e. The SMILES string of the molecule is Cl.N[C@@H](c1c(Cl)cncc1Cl)C(F)(F)F. The summed E-state index contributed by atoms with van der Waals surface area (Å²) < 4.78 is 36.7. The summed E-state index contributed by atoms with van der Waals surface area (Å²) in [7, 11) is 0. The van der Waals surface area contributed by atoms with Crippen molar-refractivity contribution < 1.29 is 13.2 Å². The van der Waals surface area contributed by atoms with E-state index in [4.69, 9.17) is 28.9 Å². The lowest BCUT2D eigenvalue weighted by Crippen LogP contribution is -2.29. The van der Waals surface area contributed by atoms with Gasteiger partial charge in [0.05, 0.1) is 10.0 Å². The Labute approximate surface area is 100.0 Å². The first-order chi connectivity index (χ1) is 6.34. The lowest BCUT2D eigenvalue weighted by molar-refractivity contribution is -0.149. The molecule has 1 rings (SSSR count). The Hall–Kier alpha value is -0.230. The van der Waals surface area contributed by atoms with Crippen molar-refractivity contribution in [1.29, 1.82) is 0 Å². The minimum absolute atomic E-state index is 0. The van der Waals surface area contributed by atoms with E-state index in [9.17, 15) is 13.2 Å². The third kappa shape index (κ3) is 3.38. The van der Waals surface area contributed by atoms with Crippen molar-refractivity contribution in [2.75, 3.05) is 0 Å². The highest BCUT2D eigenvalue weighted by atomic mass is 35.5. The summed E-state index contributed by atoms with van der Waals surface area (Å²) in [5.74, 6) is 0. The molecular formula is C7H6Cl3F3N2. The van der Waals surface area contributed by atoms with Gasteiger partial charge in [-0.3, -0.25) is 4.98 Å². The molecule has 0 aromatic carbocycles. The van der Waals surface area contributed by atoms with Crippen LogP contribution in [0.1, 0.15) is 11.6 Å². The normalized spacial score (nSPS) is 13.2. The van der Waals surface area contributed by atoms with Crippen LogP contribution in [0.25, 0.3) is 0 Å². The van der Waals surface area contributed by atoms with Crippen molar-refractivity contribution >= 4 is 35.6 Å². The summed E-state index contributed by atoms with van der Waals surface area (Å²) >= 11 is 11.0. The van der Waals surface area contributed by atoms with Gasteiger partial charge in [-0.15, -0.1) is 12.4 Å². The number of pyridine rings is 1. The fourth-order valence-corrected chi connectivity index (χ4v) is 1.48. The molecule has 0 aliphatic heterocycles. The van der Waals surface area contributed by atoms with Gasteiger partial charge in [0, 0.05) is 18.0 Å². The topological polar surface area (TPSA) is 38.9 Å². The standard InChI is InChI=1S/C7H5Cl2F3N2.ClH/c8-3-1-14-2-4(9)5(3)6(13)7(10,11)12;/h1-2,6H,13H2;1H/t6-;/m0./s1. The van der Waals surface area contributed by atoms with Crippen LogP contribution in [0.15, 0.2) is 12.4 Å². The van der Waals surface area contributed by atoms with E-state index >= 15 is 0 Å². The van der Waals surface area contributed by atoms with Crippen molar-refractivity contribution in [3.8, 4) is 0 Å². The minimum atomic E-state index is -4.57. The lowest BCUT2D eigenvalue weighted by Gasteiger charge is -2.17. The maximum Gasteiger partial charge on any atom is 0.407 e. The van der Waals surface area contributed by atoms with Crippen molar-refractivity contribution in [2.24, 2.45) is 5.73 Å². The van der Waals surface area contributed by atoms with Gasteiger partial charge in [0.25, 0.3) is 0 Å². The van der Waals surface area contributed by atoms with Gasteiger partial charge in [-0.05, 0) is 0 Å². The summed E-state index contributed by atoms with van der Waals surface area (Å²) in [4.78, 5) is 3.52. The van der Waals surface area contributed by atoms with Crippen LogP contribution in [0.3, 0.4) is 0 Å². The molecule has 1 atom stereocenters. The molecular weight excluding hydrogens is 275 g/mol. The molecule has 0 saturated heterocycles. The number of nitrogens with zero attached hydrogens (tertiary/aromatic N) is 1. The Morgan fingerprint density at radius 1 is 1.20 bits per heavy atom. The van der Waals surface area contributed by atoms with Crippen LogP contribution in [-0.2, 0) is 0 Å². The second-order valence-electron chi connectivity index (χ2n) is 2.54. The Balaban J connectivity index is 0.00000196. The average Bonchev–Trinajstić information content (AvgIpc) is 2.01. The van der Waals surface area contributed by atoms with Gasteiger partial charge in [-0.25, -0.2) is 0 Å². The molecule has 0 saturated carbocycles. The molecule has 1 aromatic rings. The second kappa shape index (κ2) is 5.21. The molecule has 1 heterocycles. The highest BCUT2D eigenvalue weighted by Crippen LogP contribution is 2.37. The zero-order valence-corrected chi connectivity index (χ0v) is 9.38. The van der Waals surface area contributed by atoms with Gasteiger partial charge >= 0.3 is 6.18 Å². The van der Waals surface area contributed by atoms with Crippen molar-refractivity contribution in [3.63, 3.8) is 0 Å². The molecule has 0 bridgehead atoms. The molecule has 2 N–H and O–H groups in total. The lowest BCUT2D eigenvalue weighted by atomic mass is 10.1. The van der Waals surface area contributed by atoms with E-state index in [0.29, 0.717) is 0 Å². The molecule has 1 aromatic heterocycles. The van der Waals surface area contributed by atoms with Crippen LogP contribution in [-0.4, -0.2) is 11.2 Å². The molecule has 0 amide bonds. The highest BCUT2D eigenvalue weighted by Gasteiger charge is 2.40. The van der Waals surface area contributed by atoms with Gasteiger partial charge in [0.15, 0.2) is 0 Å². The first kappa shape index (κ1) is 14.8. The fraction of sp³-hybridized carbons (Fsp3) is 0.286. The van der Waals surface area contributed by atoms with Gasteiger partial charge in [0.1, 0.15) is 6.04 Å². The molecule has 0 aliphatic rings. The first-order valence-electron chi connectivity index (χ1n) is 3.45. The molecule has 86 valence electrons. The monoisotopic (exact) mass is 280 g/mol. The largest absolute Gasteiger partial charge is 0.407 e. The van der Waals surface area contributed by atoms with E-state index < -0.39 is 12.2 Å². The van der Waals surface area contributed by atoms with Gasteiger partial charge in [-0.1, -0.05) is 23.2 Å². The number of nitrogens with two attached hydrogens (primary N) is 1. The fourth-order valence-electron chi connectivity index (χ4n) is 0.882. The third-order valence-electron chi connectivity index (χ3n) is 1.55. The molecule has 0 radical (unpaired) electrons. The Morgan fingerprint density at radius 3 is 1.93 bits per heavy atom. The number of halogens is 6. The Morgan fingerprint density at radius 2 is 1.60 bits per heavy atom. The molecule has 0 fully saturated rings. The zero-order valence-electron chi connectivity index (χ0n) is 7.05. The van der Waals surface area contributed by atoms with Gasteiger partial charge < -0.3 is 5.73 Å². The summed E-state index contributed by atoms with van der Waals surface area (Å²) in [6.07, 6.45) is -2.45. The summed E-state index contributed by atoms with van der Waals surface area (Å²) in [5, 5.41) is -0.385. The molecule has 0 spiro atoms. The van der Waals surface area contributed by atoms with Crippen molar-refractivity contribution in [1.82, 2.24) is 4.98 Å². The summed E-state index contributed by atoms with van der Waals surface area (Å²) in [6, 6.07) is -2.19. The average molecular weight is 281 g/mol. The molecule has 2 nitrogen and oxygen atoms in total. The van der Waals surface area contributed by atoms with E-state index in [2.05, 4.69) is 4.98 Å². The molecule has 8 heteroatoms. The van der Waals surface area contributed by atoms with Crippen LogP contribution in [0.4, 0.5) is 13.2 Å². The quantitative estimate of drug-likeness (QED) is 0.857. The number of aromatic nitrogens is 1. The molecule has 0 unspecified atom stereocenters. The van der Waals surface area contributed by atoms with Crippen molar-refractivity contribution in [3.05, 3.63) is 28.0 Å². The van der Waals surface area contributed by atoms with Crippen LogP contribution < -0.4 is 5.73 Å². The predicted molar refractivity (Wildman–Crippen MR) is 54.5 cm³/mol. The van der Waals surface area contributed by atoms with Crippen LogP contribution in [0, 0.1) is 0 Å².